The first-order chi connectivity index (χ1) is 15.5. The molecule has 2 aromatic rings. The van der Waals surface area contributed by atoms with Gasteiger partial charge in [0.15, 0.2) is 11.5 Å². The molecule has 0 aliphatic carbocycles. The van der Waals surface area contributed by atoms with Gasteiger partial charge in [-0.3, -0.25) is 9.59 Å². The molecule has 0 spiro atoms. The number of nitrogens with one attached hydrogen (secondary N) is 1. The number of likely N-dealkylation sites (tertiary alicyclic amines) is 1. The molecule has 1 N–H and O–H groups in total. The predicted molar refractivity (Wildman–Crippen MR) is 122 cm³/mol. The van der Waals surface area contributed by atoms with Crippen molar-refractivity contribution in [2.75, 3.05) is 34.4 Å². The third-order valence-electron chi connectivity index (χ3n) is 5.81. The topological polar surface area (TPSA) is 77.1 Å². The van der Waals surface area contributed by atoms with E-state index in [1.165, 1.54) is 0 Å². The minimum absolute atomic E-state index is 0.00777. The summed E-state index contributed by atoms with van der Waals surface area (Å²) in [5, 5.41) is 3.10. The van der Waals surface area contributed by atoms with Crippen LogP contribution in [0.4, 0.5) is 0 Å². The molecule has 0 radical (unpaired) electrons. The van der Waals surface area contributed by atoms with Gasteiger partial charge < -0.3 is 24.4 Å². The van der Waals surface area contributed by atoms with Crippen molar-refractivity contribution in [1.82, 2.24) is 10.2 Å². The summed E-state index contributed by atoms with van der Waals surface area (Å²) in [4.78, 5) is 26.9. The molecule has 1 aliphatic heterocycles. The number of benzene rings is 2. The highest BCUT2D eigenvalue weighted by molar-refractivity contribution is 5.79. The Morgan fingerprint density at radius 2 is 1.56 bits per heavy atom. The maximum atomic E-state index is 12.6. The Morgan fingerprint density at radius 3 is 2.19 bits per heavy atom. The van der Waals surface area contributed by atoms with Crippen molar-refractivity contribution < 1.29 is 23.8 Å². The molecule has 2 amide bonds. The van der Waals surface area contributed by atoms with Gasteiger partial charge in [-0.15, -0.1) is 0 Å². The van der Waals surface area contributed by atoms with E-state index >= 15 is 0 Å². The monoisotopic (exact) mass is 440 g/mol. The first kappa shape index (κ1) is 23.4. The van der Waals surface area contributed by atoms with Crippen LogP contribution < -0.4 is 19.5 Å². The lowest BCUT2D eigenvalue weighted by molar-refractivity contribution is -0.132. The Bertz CT molecular complexity index is 905. The highest BCUT2D eigenvalue weighted by atomic mass is 16.5. The van der Waals surface area contributed by atoms with Crippen LogP contribution in [0.5, 0.6) is 17.2 Å². The Morgan fingerprint density at radius 1 is 0.906 bits per heavy atom. The van der Waals surface area contributed by atoms with Crippen LogP contribution in [0.1, 0.15) is 30.4 Å². The fourth-order valence-corrected chi connectivity index (χ4v) is 3.93. The highest BCUT2D eigenvalue weighted by Gasteiger charge is 2.23. The average Bonchev–Trinajstić information content (AvgIpc) is 2.83. The normalized spacial score (nSPS) is 14.0. The zero-order valence-electron chi connectivity index (χ0n) is 19.1. The molecule has 7 nitrogen and oxygen atoms in total. The van der Waals surface area contributed by atoms with Gasteiger partial charge in [0.1, 0.15) is 5.75 Å². The van der Waals surface area contributed by atoms with E-state index in [0.29, 0.717) is 43.9 Å². The summed E-state index contributed by atoms with van der Waals surface area (Å²) in [5.74, 6) is 2.27. The van der Waals surface area contributed by atoms with Crippen LogP contribution in [0.15, 0.2) is 42.5 Å². The van der Waals surface area contributed by atoms with Crippen molar-refractivity contribution in [3.63, 3.8) is 0 Å². The average molecular weight is 441 g/mol. The quantitative estimate of drug-likeness (QED) is 0.649. The summed E-state index contributed by atoms with van der Waals surface area (Å²) >= 11 is 0. The standard InChI is InChI=1S/C25H32N2O5/c1-30-21-8-4-19(5-9-21)17-24(28)26-20-12-14-27(15-13-20)25(29)11-7-18-6-10-22(31-2)23(16-18)32-3/h4-6,8-10,16,20H,7,11-15,17H2,1-3H3,(H,26,28). The van der Waals surface area contributed by atoms with Gasteiger partial charge in [-0.25, -0.2) is 0 Å². The molecule has 0 bridgehead atoms. The Kier molecular flexibility index (Phi) is 8.36. The third kappa shape index (κ3) is 6.39. The molecular formula is C25H32N2O5. The van der Waals surface area contributed by atoms with Crippen LogP contribution in [-0.2, 0) is 22.4 Å². The molecule has 1 aliphatic rings. The minimum atomic E-state index is 0.00777. The molecule has 1 fully saturated rings. The first-order valence-corrected chi connectivity index (χ1v) is 10.9. The number of carbonyl (C=O) groups is 2. The first-order valence-electron chi connectivity index (χ1n) is 10.9. The van der Waals surface area contributed by atoms with Crippen LogP contribution in [-0.4, -0.2) is 57.2 Å². The number of piperidine rings is 1. The largest absolute Gasteiger partial charge is 0.497 e. The maximum Gasteiger partial charge on any atom is 0.224 e. The van der Waals surface area contributed by atoms with Gasteiger partial charge in [-0.1, -0.05) is 18.2 Å². The fourth-order valence-electron chi connectivity index (χ4n) is 3.93. The molecule has 32 heavy (non-hydrogen) atoms. The van der Waals surface area contributed by atoms with E-state index in [4.69, 9.17) is 14.2 Å². The fraction of sp³-hybridized carbons (Fsp3) is 0.440. The second-order valence-electron chi connectivity index (χ2n) is 7.94. The van der Waals surface area contributed by atoms with Gasteiger partial charge in [-0.2, -0.15) is 0 Å². The van der Waals surface area contributed by atoms with E-state index in [9.17, 15) is 9.59 Å². The highest BCUT2D eigenvalue weighted by Crippen LogP contribution is 2.28. The summed E-state index contributed by atoms with van der Waals surface area (Å²) in [7, 11) is 4.83. The van der Waals surface area contributed by atoms with Gasteiger partial charge >= 0.3 is 0 Å². The molecule has 1 heterocycles. The van der Waals surface area contributed by atoms with E-state index in [0.717, 1.165) is 29.7 Å². The van der Waals surface area contributed by atoms with E-state index in [2.05, 4.69) is 5.32 Å². The third-order valence-corrected chi connectivity index (χ3v) is 5.81. The zero-order chi connectivity index (χ0) is 22.9. The molecule has 0 atom stereocenters. The molecule has 0 unspecified atom stereocenters. The summed E-state index contributed by atoms with van der Waals surface area (Å²) < 4.78 is 15.7. The summed E-state index contributed by atoms with van der Waals surface area (Å²) in [6, 6.07) is 13.4. The number of carbonyl (C=O) groups excluding carboxylic acids is 2. The number of nitrogens with zero attached hydrogens (tertiary/aromatic N) is 1. The van der Waals surface area contributed by atoms with Crippen molar-refractivity contribution in [2.45, 2.75) is 38.1 Å². The molecule has 3 rings (SSSR count). The molecular weight excluding hydrogens is 408 g/mol. The Hall–Kier alpha value is -3.22. The maximum absolute atomic E-state index is 12.6. The number of aryl methyl sites for hydroxylation is 1. The lowest BCUT2D eigenvalue weighted by Crippen LogP contribution is -2.46. The second-order valence-corrected chi connectivity index (χ2v) is 7.94. The van der Waals surface area contributed by atoms with E-state index in [-0.39, 0.29) is 17.9 Å². The molecule has 0 aromatic heterocycles. The van der Waals surface area contributed by atoms with Crippen LogP contribution in [0, 0.1) is 0 Å². The molecule has 0 saturated carbocycles. The number of rotatable bonds is 9. The van der Waals surface area contributed by atoms with Gasteiger partial charge in [-0.05, 0) is 54.7 Å². The zero-order valence-corrected chi connectivity index (χ0v) is 19.1. The van der Waals surface area contributed by atoms with E-state index in [1.807, 2.05) is 47.4 Å². The minimum Gasteiger partial charge on any atom is -0.497 e. The van der Waals surface area contributed by atoms with Gasteiger partial charge in [0.05, 0.1) is 27.8 Å². The van der Waals surface area contributed by atoms with Crippen molar-refractivity contribution >= 4 is 11.8 Å². The van der Waals surface area contributed by atoms with Crippen LogP contribution in [0.3, 0.4) is 0 Å². The Labute approximate surface area is 189 Å². The van der Waals surface area contributed by atoms with Crippen LogP contribution in [0.2, 0.25) is 0 Å². The summed E-state index contributed by atoms with van der Waals surface area (Å²) in [5.41, 5.74) is 1.99. The Balaban J connectivity index is 1.40. The molecule has 2 aromatic carbocycles. The molecule has 1 saturated heterocycles. The summed E-state index contributed by atoms with van der Waals surface area (Å²) in [6.07, 6.45) is 2.99. The predicted octanol–water partition coefficient (Wildman–Crippen LogP) is 2.99. The molecule has 7 heteroatoms. The van der Waals surface area contributed by atoms with Crippen molar-refractivity contribution in [1.29, 1.82) is 0 Å². The molecule has 172 valence electrons. The van der Waals surface area contributed by atoms with Crippen LogP contribution >= 0.6 is 0 Å². The van der Waals surface area contributed by atoms with Crippen molar-refractivity contribution in [3.05, 3.63) is 53.6 Å². The number of hydrogen-bond acceptors (Lipinski definition) is 5. The number of hydrogen-bond donors (Lipinski definition) is 1. The number of methoxy groups -OCH3 is 3. The van der Waals surface area contributed by atoms with Crippen LogP contribution in [0.25, 0.3) is 0 Å². The van der Waals surface area contributed by atoms with Crippen molar-refractivity contribution in [3.8, 4) is 17.2 Å². The lowest BCUT2D eigenvalue weighted by atomic mass is 10.0. The van der Waals surface area contributed by atoms with Crippen molar-refractivity contribution in [2.24, 2.45) is 0 Å². The van der Waals surface area contributed by atoms with Gasteiger partial charge in [0.2, 0.25) is 11.8 Å². The smallest absolute Gasteiger partial charge is 0.224 e. The van der Waals surface area contributed by atoms with E-state index < -0.39 is 0 Å². The second kappa shape index (κ2) is 11.4. The van der Waals surface area contributed by atoms with Gasteiger partial charge in [0, 0.05) is 25.6 Å². The number of amides is 2. The van der Waals surface area contributed by atoms with E-state index in [1.54, 1.807) is 21.3 Å². The SMILES string of the molecule is COc1ccc(CC(=O)NC2CCN(C(=O)CCc3ccc(OC)c(OC)c3)CC2)cc1. The van der Waals surface area contributed by atoms with Gasteiger partial charge in [0.25, 0.3) is 0 Å². The number of ether oxygens (including phenoxy) is 3. The summed E-state index contributed by atoms with van der Waals surface area (Å²) in [6.45, 7) is 1.33. The lowest BCUT2D eigenvalue weighted by Gasteiger charge is -2.32.